The molecule has 0 aliphatic carbocycles. The Morgan fingerprint density at radius 1 is 1.10 bits per heavy atom. The van der Waals surface area contributed by atoms with Crippen molar-refractivity contribution in [2.45, 2.75) is 66.7 Å². The Morgan fingerprint density at radius 3 is 1.95 bits per heavy atom. The molecule has 1 N–H and O–H groups in total. The van der Waals surface area contributed by atoms with Gasteiger partial charge in [-0.15, -0.1) is 0 Å². The predicted molar refractivity (Wildman–Crippen MR) is 82.7 cm³/mol. The normalized spacial score (nSPS) is 13.8. The minimum Gasteiger partial charge on any atom is -0.373 e. The summed E-state index contributed by atoms with van der Waals surface area (Å²) in [7, 11) is 1.72. The highest BCUT2D eigenvalue weighted by Crippen LogP contribution is 2.23. The van der Waals surface area contributed by atoms with Gasteiger partial charge in [0.2, 0.25) is 0 Å². The van der Waals surface area contributed by atoms with Crippen LogP contribution < -0.4 is 5.32 Å². The van der Waals surface area contributed by atoms with Gasteiger partial charge in [-0.3, -0.25) is 0 Å². The average molecular weight is 279 g/mol. The van der Waals surface area contributed by atoms with Crippen LogP contribution >= 0.6 is 0 Å². The fourth-order valence-electron chi connectivity index (χ4n) is 2.18. The second-order valence-corrected chi connectivity index (χ2v) is 6.74. The smallest absolute Gasteiger partial charge is 0.157 e. The van der Waals surface area contributed by atoms with Gasteiger partial charge < -0.3 is 10.1 Å². The molecule has 0 saturated heterocycles. The van der Waals surface area contributed by atoms with Gasteiger partial charge in [-0.2, -0.15) is 0 Å². The zero-order chi connectivity index (χ0) is 15.5. The molecule has 1 aromatic rings. The van der Waals surface area contributed by atoms with Crippen LogP contribution in [0.4, 0.5) is 0 Å². The Hall–Kier alpha value is -1.00. The van der Waals surface area contributed by atoms with E-state index in [1.165, 1.54) is 5.56 Å². The molecule has 4 nitrogen and oxygen atoms in total. The van der Waals surface area contributed by atoms with Gasteiger partial charge >= 0.3 is 0 Å². The largest absolute Gasteiger partial charge is 0.373 e. The molecule has 20 heavy (non-hydrogen) atoms. The van der Waals surface area contributed by atoms with Crippen LogP contribution in [0.25, 0.3) is 0 Å². The van der Waals surface area contributed by atoms with Crippen molar-refractivity contribution >= 4 is 0 Å². The van der Waals surface area contributed by atoms with Crippen LogP contribution in [0.5, 0.6) is 0 Å². The highest BCUT2D eigenvalue weighted by molar-refractivity contribution is 5.25. The third-order valence-corrected chi connectivity index (χ3v) is 3.35. The maximum Gasteiger partial charge on any atom is 0.157 e. The summed E-state index contributed by atoms with van der Waals surface area (Å²) in [6, 6.07) is 0. The predicted octanol–water partition coefficient (Wildman–Crippen LogP) is 3.33. The molecule has 0 aromatic carbocycles. The van der Waals surface area contributed by atoms with Crippen molar-refractivity contribution in [3.05, 3.63) is 22.8 Å². The van der Waals surface area contributed by atoms with Crippen molar-refractivity contribution in [3.63, 3.8) is 0 Å². The molecule has 0 fully saturated rings. The van der Waals surface area contributed by atoms with E-state index in [4.69, 9.17) is 4.74 Å². The Kier molecular flexibility index (Phi) is 5.66. The van der Waals surface area contributed by atoms with E-state index in [9.17, 15) is 0 Å². The molecular formula is C16H29N3O. The topological polar surface area (TPSA) is 47.0 Å². The minimum absolute atomic E-state index is 0.0444. The van der Waals surface area contributed by atoms with E-state index in [1.54, 1.807) is 7.11 Å². The second kappa shape index (κ2) is 6.64. The number of aromatic nitrogens is 2. The van der Waals surface area contributed by atoms with Crippen LogP contribution in [0, 0.1) is 19.8 Å². The summed E-state index contributed by atoms with van der Waals surface area (Å²) in [5.41, 5.74) is 3.34. The van der Waals surface area contributed by atoms with Crippen molar-refractivity contribution in [2.75, 3.05) is 7.11 Å². The molecule has 0 radical (unpaired) electrons. The van der Waals surface area contributed by atoms with Crippen LogP contribution in [-0.4, -0.2) is 22.6 Å². The molecule has 0 bridgehead atoms. The van der Waals surface area contributed by atoms with Crippen LogP contribution in [0.15, 0.2) is 0 Å². The summed E-state index contributed by atoms with van der Waals surface area (Å²) in [4.78, 5) is 9.30. The quantitative estimate of drug-likeness (QED) is 0.898. The van der Waals surface area contributed by atoms with Gasteiger partial charge in [0.25, 0.3) is 0 Å². The molecule has 1 aromatic heterocycles. The van der Waals surface area contributed by atoms with Crippen molar-refractivity contribution in [1.29, 1.82) is 0 Å². The number of ether oxygens (including phenoxy) is 1. The molecule has 114 valence electrons. The summed E-state index contributed by atoms with van der Waals surface area (Å²) in [6.45, 7) is 15.6. The molecular weight excluding hydrogens is 250 g/mol. The number of methoxy groups -OCH3 is 1. The van der Waals surface area contributed by atoms with Crippen LogP contribution in [0.2, 0.25) is 0 Å². The zero-order valence-corrected chi connectivity index (χ0v) is 14.2. The lowest BCUT2D eigenvalue weighted by Crippen LogP contribution is -2.35. The molecule has 0 aliphatic heterocycles. The highest BCUT2D eigenvalue weighted by Gasteiger charge is 2.20. The fourth-order valence-corrected chi connectivity index (χ4v) is 2.18. The van der Waals surface area contributed by atoms with E-state index in [1.807, 2.05) is 13.8 Å². The number of rotatable bonds is 5. The third-order valence-electron chi connectivity index (χ3n) is 3.35. The highest BCUT2D eigenvalue weighted by atomic mass is 16.5. The van der Waals surface area contributed by atoms with E-state index >= 15 is 0 Å². The summed E-state index contributed by atoms with van der Waals surface area (Å²) in [6.07, 6.45) is -0.0444. The Bertz CT molecular complexity index is 427. The van der Waals surface area contributed by atoms with Crippen molar-refractivity contribution in [3.8, 4) is 0 Å². The van der Waals surface area contributed by atoms with Crippen molar-refractivity contribution in [1.82, 2.24) is 15.3 Å². The average Bonchev–Trinajstić information content (AvgIpc) is 2.26. The van der Waals surface area contributed by atoms with Crippen LogP contribution in [0.1, 0.15) is 63.5 Å². The van der Waals surface area contributed by atoms with Gasteiger partial charge in [-0.05, 0) is 40.5 Å². The lowest BCUT2D eigenvalue weighted by atomic mass is 10.0. The van der Waals surface area contributed by atoms with Crippen molar-refractivity contribution < 1.29 is 4.74 Å². The first-order valence-electron chi connectivity index (χ1n) is 7.27. The van der Waals surface area contributed by atoms with Gasteiger partial charge in [-0.25, -0.2) is 9.97 Å². The number of hydrogen-bond donors (Lipinski definition) is 1. The maximum atomic E-state index is 5.52. The third kappa shape index (κ3) is 4.53. The summed E-state index contributed by atoms with van der Waals surface area (Å²) in [5.74, 6) is 1.15. The second-order valence-electron chi connectivity index (χ2n) is 6.74. The molecule has 4 heteroatoms. The maximum absolute atomic E-state index is 5.52. The van der Waals surface area contributed by atoms with Crippen LogP contribution in [0.3, 0.4) is 0 Å². The molecule has 1 unspecified atom stereocenters. The zero-order valence-electron chi connectivity index (χ0n) is 14.2. The molecule has 0 aliphatic rings. The summed E-state index contributed by atoms with van der Waals surface area (Å²) >= 11 is 0. The minimum atomic E-state index is -0.0444. The summed E-state index contributed by atoms with van der Waals surface area (Å²) < 4.78 is 5.52. The lowest BCUT2D eigenvalue weighted by molar-refractivity contribution is 0.0571. The first-order valence-corrected chi connectivity index (χ1v) is 7.27. The SMILES string of the molecule is COC(c1nc(C)c(CNC(C)(C)C)c(C)n1)C(C)C. The van der Waals surface area contributed by atoms with E-state index in [2.05, 4.69) is 49.9 Å². The number of nitrogens with one attached hydrogen (secondary N) is 1. The monoisotopic (exact) mass is 279 g/mol. The van der Waals surface area contributed by atoms with E-state index in [0.29, 0.717) is 5.92 Å². The lowest BCUT2D eigenvalue weighted by Gasteiger charge is -2.23. The number of aryl methyl sites for hydroxylation is 2. The van der Waals surface area contributed by atoms with Gasteiger partial charge in [0.05, 0.1) is 0 Å². The van der Waals surface area contributed by atoms with Gasteiger partial charge in [0.15, 0.2) is 5.82 Å². The van der Waals surface area contributed by atoms with E-state index < -0.39 is 0 Å². The van der Waals surface area contributed by atoms with E-state index in [0.717, 1.165) is 23.8 Å². The standard InChI is InChI=1S/C16H29N3O/c1-10(2)14(20-8)15-18-11(3)13(12(4)19-15)9-17-16(5,6)7/h10,14,17H,9H2,1-8H3. The number of hydrogen-bond acceptors (Lipinski definition) is 4. The van der Waals surface area contributed by atoms with Gasteiger partial charge in [-0.1, -0.05) is 13.8 Å². The molecule has 1 heterocycles. The van der Waals surface area contributed by atoms with Crippen molar-refractivity contribution in [2.24, 2.45) is 5.92 Å². The molecule has 1 atom stereocenters. The molecule has 1 rings (SSSR count). The summed E-state index contributed by atoms with van der Waals surface area (Å²) in [5, 5.41) is 3.49. The Balaban J connectivity index is 3.02. The number of nitrogens with zero attached hydrogens (tertiary/aromatic N) is 2. The Labute approximate surface area is 123 Å². The first-order chi connectivity index (χ1) is 9.15. The molecule has 0 spiro atoms. The Morgan fingerprint density at radius 2 is 1.60 bits per heavy atom. The fraction of sp³-hybridized carbons (Fsp3) is 0.750. The molecule has 0 amide bonds. The van der Waals surface area contributed by atoms with Crippen LogP contribution in [-0.2, 0) is 11.3 Å². The van der Waals surface area contributed by atoms with Gasteiger partial charge in [0.1, 0.15) is 6.10 Å². The van der Waals surface area contributed by atoms with E-state index in [-0.39, 0.29) is 11.6 Å². The first kappa shape index (κ1) is 17.1. The van der Waals surface area contributed by atoms with Gasteiger partial charge in [0, 0.05) is 36.1 Å². The molecule has 0 saturated carbocycles.